The average molecular weight is 312 g/mol. The Morgan fingerprint density at radius 2 is 1.70 bits per heavy atom. The van der Waals surface area contributed by atoms with Gasteiger partial charge in [0.05, 0.1) is 17.0 Å². The van der Waals surface area contributed by atoms with E-state index in [9.17, 15) is 5.11 Å². The maximum atomic E-state index is 11.0. The van der Waals surface area contributed by atoms with Gasteiger partial charge in [-0.3, -0.25) is 9.97 Å². The standard InChI is InChI=1S/C20H28N2O/c1-5-20(23,6-2)17(15(3)4)14-16-10-9-12-19(22-16)18-11-7-8-13-21-18/h7-13,15,17,23H,5-6,14H2,1-4H3. The highest BCUT2D eigenvalue weighted by atomic mass is 16.3. The monoisotopic (exact) mass is 312 g/mol. The molecule has 0 aliphatic heterocycles. The molecule has 0 spiro atoms. The van der Waals surface area contributed by atoms with Crippen LogP contribution < -0.4 is 0 Å². The molecule has 0 radical (unpaired) electrons. The van der Waals surface area contributed by atoms with Crippen LogP contribution in [0.5, 0.6) is 0 Å². The first kappa shape index (κ1) is 17.6. The van der Waals surface area contributed by atoms with Gasteiger partial charge in [-0.05, 0) is 55.4 Å². The minimum atomic E-state index is -0.628. The van der Waals surface area contributed by atoms with Crippen molar-refractivity contribution in [2.45, 2.75) is 52.6 Å². The lowest BCUT2D eigenvalue weighted by Gasteiger charge is -2.37. The molecule has 3 nitrogen and oxygen atoms in total. The van der Waals surface area contributed by atoms with Crippen LogP contribution in [0.1, 0.15) is 46.2 Å². The Bertz CT molecular complexity index is 606. The molecule has 2 rings (SSSR count). The summed E-state index contributed by atoms with van der Waals surface area (Å²) in [5.74, 6) is 0.601. The number of pyridine rings is 2. The molecular formula is C20H28N2O. The molecule has 23 heavy (non-hydrogen) atoms. The van der Waals surface area contributed by atoms with Gasteiger partial charge in [0.15, 0.2) is 0 Å². The highest BCUT2D eigenvalue weighted by molar-refractivity contribution is 5.53. The van der Waals surface area contributed by atoms with E-state index in [4.69, 9.17) is 4.98 Å². The van der Waals surface area contributed by atoms with Crippen molar-refractivity contribution in [3.05, 3.63) is 48.3 Å². The van der Waals surface area contributed by atoms with E-state index in [1.807, 2.05) is 36.4 Å². The van der Waals surface area contributed by atoms with E-state index < -0.39 is 5.60 Å². The van der Waals surface area contributed by atoms with Crippen LogP contribution in [0.2, 0.25) is 0 Å². The van der Waals surface area contributed by atoms with Gasteiger partial charge in [0, 0.05) is 11.9 Å². The second-order valence-corrected chi connectivity index (χ2v) is 6.59. The van der Waals surface area contributed by atoms with E-state index in [-0.39, 0.29) is 5.92 Å². The minimum absolute atomic E-state index is 0.198. The molecule has 0 bridgehead atoms. The van der Waals surface area contributed by atoms with E-state index >= 15 is 0 Å². The highest BCUT2D eigenvalue weighted by Gasteiger charge is 2.35. The summed E-state index contributed by atoms with van der Waals surface area (Å²) in [5, 5.41) is 11.0. The molecule has 0 aromatic carbocycles. The third kappa shape index (κ3) is 4.17. The van der Waals surface area contributed by atoms with Crippen molar-refractivity contribution in [3.63, 3.8) is 0 Å². The summed E-state index contributed by atoms with van der Waals surface area (Å²) < 4.78 is 0. The van der Waals surface area contributed by atoms with E-state index in [1.54, 1.807) is 6.20 Å². The van der Waals surface area contributed by atoms with Crippen molar-refractivity contribution >= 4 is 0 Å². The van der Waals surface area contributed by atoms with Crippen LogP contribution in [-0.4, -0.2) is 20.7 Å². The summed E-state index contributed by atoms with van der Waals surface area (Å²) in [6.07, 6.45) is 4.11. The molecule has 0 aliphatic carbocycles. The molecule has 2 aromatic rings. The van der Waals surface area contributed by atoms with Gasteiger partial charge in [-0.25, -0.2) is 0 Å². The van der Waals surface area contributed by atoms with Gasteiger partial charge in [-0.15, -0.1) is 0 Å². The summed E-state index contributed by atoms with van der Waals surface area (Å²) in [7, 11) is 0. The largest absolute Gasteiger partial charge is 0.390 e. The van der Waals surface area contributed by atoms with Crippen molar-refractivity contribution in [1.82, 2.24) is 9.97 Å². The number of hydrogen-bond donors (Lipinski definition) is 1. The van der Waals surface area contributed by atoms with Crippen molar-refractivity contribution in [1.29, 1.82) is 0 Å². The smallest absolute Gasteiger partial charge is 0.0889 e. The summed E-state index contributed by atoms with van der Waals surface area (Å²) >= 11 is 0. The topological polar surface area (TPSA) is 46.0 Å². The summed E-state index contributed by atoms with van der Waals surface area (Å²) in [5.41, 5.74) is 2.17. The van der Waals surface area contributed by atoms with Gasteiger partial charge >= 0.3 is 0 Å². The third-order valence-electron chi connectivity index (χ3n) is 4.88. The number of nitrogens with zero attached hydrogens (tertiary/aromatic N) is 2. The predicted octanol–water partition coefficient (Wildman–Crippen LogP) is 4.51. The number of hydrogen-bond acceptors (Lipinski definition) is 3. The van der Waals surface area contributed by atoms with E-state index in [0.717, 1.165) is 36.3 Å². The molecule has 2 heterocycles. The van der Waals surface area contributed by atoms with Gasteiger partial charge in [-0.2, -0.15) is 0 Å². The van der Waals surface area contributed by atoms with Crippen LogP contribution in [0.25, 0.3) is 11.4 Å². The third-order valence-corrected chi connectivity index (χ3v) is 4.88. The Hall–Kier alpha value is -1.74. The lowest BCUT2D eigenvalue weighted by atomic mass is 9.74. The molecule has 0 amide bonds. The molecule has 3 heteroatoms. The second-order valence-electron chi connectivity index (χ2n) is 6.59. The fourth-order valence-electron chi connectivity index (χ4n) is 3.30. The first-order chi connectivity index (χ1) is 11.0. The molecular weight excluding hydrogens is 284 g/mol. The minimum Gasteiger partial charge on any atom is -0.390 e. The maximum absolute atomic E-state index is 11.0. The van der Waals surface area contributed by atoms with Crippen LogP contribution in [0, 0.1) is 11.8 Å². The van der Waals surface area contributed by atoms with Crippen LogP contribution in [-0.2, 0) is 6.42 Å². The second kappa shape index (κ2) is 7.69. The Labute approximate surface area is 139 Å². The van der Waals surface area contributed by atoms with E-state index in [2.05, 4.69) is 32.7 Å². The predicted molar refractivity (Wildman–Crippen MR) is 95.0 cm³/mol. The Balaban J connectivity index is 2.28. The Morgan fingerprint density at radius 1 is 1.00 bits per heavy atom. The molecule has 124 valence electrons. The maximum Gasteiger partial charge on any atom is 0.0889 e. The van der Waals surface area contributed by atoms with Gasteiger partial charge in [0.25, 0.3) is 0 Å². The van der Waals surface area contributed by atoms with Crippen molar-refractivity contribution in [2.24, 2.45) is 11.8 Å². The van der Waals surface area contributed by atoms with Crippen molar-refractivity contribution < 1.29 is 5.11 Å². The molecule has 0 aliphatic rings. The molecule has 2 aromatic heterocycles. The molecule has 0 saturated carbocycles. The molecule has 1 unspecified atom stereocenters. The number of aromatic nitrogens is 2. The molecule has 1 N–H and O–H groups in total. The fourth-order valence-corrected chi connectivity index (χ4v) is 3.30. The molecule has 0 saturated heterocycles. The average Bonchev–Trinajstić information content (AvgIpc) is 2.60. The number of aliphatic hydroxyl groups is 1. The zero-order valence-corrected chi connectivity index (χ0v) is 14.7. The van der Waals surface area contributed by atoms with Gasteiger partial charge in [0.1, 0.15) is 0 Å². The molecule has 0 fully saturated rings. The van der Waals surface area contributed by atoms with Crippen molar-refractivity contribution in [3.8, 4) is 11.4 Å². The van der Waals surface area contributed by atoms with E-state index in [0.29, 0.717) is 5.92 Å². The van der Waals surface area contributed by atoms with E-state index in [1.165, 1.54) is 0 Å². The summed E-state index contributed by atoms with van der Waals surface area (Å²) in [6, 6.07) is 11.9. The van der Waals surface area contributed by atoms with Gasteiger partial charge < -0.3 is 5.11 Å². The first-order valence-electron chi connectivity index (χ1n) is 8.60. The lowest BCUT2D eigenvalue weighted by Crippen LogP contribution is -2.41. The zero-order valence-electron chi connectivity index (χ0n) is 14.7. The van der Waals surface area contributed by atoms with Gasteiger partial charge in [0.2, 0.25) is 0 Å². The summed E-state index contributed by atoms with van der Waals surface area (Å²) in [4.78, 5) is 9.15. The number of rotatable bonds is 7. The quantitative estimate of drug-likeness (QED) is 0.818. The SMILES string of the molecule is CCC(O)(CC)C(Cc1cccc(-c2ccccn2)n1)C(C)C. The Kier molecular flexibility index (Phi) is 5.89. The first-order valence-corrected chi connectivity index (χ1v) is 8.60. The normalized spacial score (nSPS) is 13.3. The zero-order chi connectivity index (χ0) is 16.9. The fraction of sp³-hybridized carbons (Fsp3) is 0.500. The van der Waals surface area contributed by atoms with Crippen LogP contribution in [0.4, 0.5) is 0 Å². The molecule has 1 atom stereocenters. The van der Waals surface area contributed by atoms with Crippen molar-refractivity contribution in [2.75, 3.05) is 0 Å². The Morgan fingerprint density at radius 3 is 2.26 bits per heavy atom. The van der Waals surface area contributed by atoms with Crippen LogP contribution in [0.15, 0.2) is 42.6 Å². The van der Waals surface area contributed by atoms with Crippen LogP contribution >= 0.6 is 0 Å². The lowest BCUT2D eigenvalue weighted by molar-refractivity contribution is -0.0439. The summed E-state index contributed by atoms with van der Waals surface area (Å²) in [6.45, 7) is 8.50. The highest BCUT2D eigenvalue weighted by Crippen LogP contribution is 2.33. The van der Waals surface area contributed by atoms with Crippen LogP contribution in [0.3, 0.4) is 0 Å². The van der Waals surface area contributed by atoms with Gasteiger partial charge in [-0.1, -0.05) is 39.8 Å².